The zero-order valence-corrected chi connectivity index (χ0v) is 18.9. The van der Waals surface area contributed by atoms with Gasteiger partial charge in [0.05, 0.1) is 30.9 Å². The molecular formula is C24H27N3O3S. The van der Waals surface area contributed by atoms with Gasteiger partial charge < -0.3 is 14.8 Å². The average Bonchev–Trinajstić information content (AvgIpc) is 3.17. The molecule has 1 amide bonds. The van der Waals surface area contributed by atoms with Gasteiger partial charge in [0.1, 0.15) is 11.5 Å². The van der Waals surface area contributed by atoms with Gasteiger partial charge in [-0.1, -0.05) is 30.0 Å². The summed E-state index contributed by atoms with van der Waals surface area (Å²) in [6.07, 6.45) is 4.33. The highest BCUT2D eigenvalue weighted by atomic mass is 32.2. The Kier molecular flexibility index (Phi) is 6.51. The number of fused-ring (bicyclic) bond motifs is 1. The summed E-state index contributed by atoms with van der Waals surface area (Å²) in [6.45, 7) is 1.90. The largest absolute Gasteiger partial charge is 0.497 e. The Morgan fingerprint density at radius 3 is 2.61 bits per heavy atom. The second-order valence-corrected chi connectivity index (χ2v) is 8.79. The molecule has 162 valence electrons. The average molecular weight is 438 g/mol. The van der Waals surface area contributed by atoms with Crippen LogP contribution in [0.2, 0.25) is 0 Å². The van der Waals surface area contributed by atoms with Crippen molar-refractivity contribution in [3.05, 3.63) is 59.9 Å². The lowest BCUT2D eigenvalue weighted by molar-refractivity contribution is -0.115. The summed E-state index contributed by atoms with van der Waals surface area (Å²) < 4.78 is 12.9. The summed E-state index contributed by atoms with van der Waals surface area (Å²) in [4.78, 5) is 17.9. The molecule has 0 spiro atoms. The highest BCUT2D eigenvalue weighted by Crippen LogP contribution is 2.34. The van der Waals surface area contributed by atoms with Crippen LogP contribution in [-0.2, 0) is 17.6 Å². The number of para-hydroxylation sites is 1. The fourth-order valence-electron chi connectivity index (χ4n) is 3.80. The predicted octanol–water partition coefficient (Wildman–Crippen LogP) is 4.89. The predicted molar refractivity (Wildman–Crippen MR) is 124 cm³/mol. The molecule has 1 aliphatic carbocycles. The van der Waals surface area contributed by atoms with Gasteiger partial charge in [-0.25, -0.2) is 4.98 Å². The van der Waals surface area contributed by atoms with Gasteiger partial charge in [-0.05, 0) is 56.9 Å². The summed E-state index contributed by atoms with van der Waals surface area (Å²) in [6, 6.07) is 15.6. The Bertz CT molecular complexity index is 1070. The SMILES string of the molecule is COc1ccc(OC)c(NC(=O)[C@H](C)Sc2nc3c(n2-c2ccccc2)CCCC3)c1. The fraction of sp³-hybridized carbons (Fsp3) is 0.333. The maximum Gasteiger partial charge on any atom is 0.237 e. The quantitative estimate of drug-likeness (QED) is 0.533. The van der Waals surface area contributed by atoms with Crippen LogP contribution in [0.3, 0.4) is 0 Å². The van der Waals surface area contributed by atoms with Gasteiger partial charge in [0, 0.05) is 17.4 Å². The molecule has 1 aromatic heterocycles. The Morgan fingerprint density at radius 1 is 1.10 bits per heavy atom. The second kappa shape index (κ2) is 9.47. The van der Waals surface area contributed by atoms with Crippen molar-refractivity contribution in [1.29, 1.82) is 0 Å². The van der Waals surface area contributed by atoms with Crippen LogP contribution < -0.4 is 14.8 Å². The lowest BCUT2D eigenvalue weighted by Gasteiger charge is -2.17. The number of carbonyl (C=O) groups is 1. The van der Waals surface area contributed by atoms with Crippen LogP contribution in [-0.4, -0.2) is 34.9 Å². The standard InChI is InChI=1S/C24H27N3O3S/c1-16(23(28)25-20-15-18(29-2)13-14-22(20)30-3)31-24-26-19-11-7-8-12-21(19)27(24)17-9-5-4-6-10-17/h4-6,9-10,13-16H,7-8,11-12H2,1-3H3,(H,25,28)/t16-/m0/s1. The van der Waals surface area contributed by atoms with Crippen LogP contribution in [0, 0.1) is 0 Å². The molecule has 4 rings (SSSR count). The third-order valence-electron chi connectivity index (χ3n) is 5.43. The lowest BCUT2D eigenvalue weighted by atomic mass is 10.0. The number of aryl methyl sites for hydroxylation is 1. The van der Waals surface area contributed by atoms with E-state index in [1.807, 2.05) is 25.1 Å². The number of nitrogens with one attached hydrogen (secondary N) is 1. The van der Waals surface area contributed by atoms with Crippen LogP contribution in [0.25, 0.3) is 5.69 Å². The summed E-state index contributed by atoms with van der Waals surface area (Å²) in [7, 11) is 3.17. The molecule has 0 saturated carbocycles. The topological polar surface area (TPSA) is 65.4 Å². The Hall–Kier alpha value is -2.93. The van der Waals surface area contributed by atoms with Crippen LogP contribution >= 0.6 is 11.8 Å². The number of rotatable bonds is 7. The van der Waals surface area contributed by atoms with Crippen molar-refractivity contribution in [1.82, 2.24) is 9.55 Å². The Labute approximate surface area is 187 Å². The molecule has 6 nitrogen and oxygen atoms in total. The molecule has 7 heteroatoms. The van der Waals surface area contributed by atoms with E-state index in [-0.39, 0.29) is 11.2 Å². The lowest BCUT2D eigenvalue weighted by Crippen LogP contribution is -2.23. The van der Waals surface area contributed by atoms with E-state index in [1.54, 1.807) is 32.4 Å². The number of hydrogen-bond acceptors (Lipinski definition) is 5. The third-order valence-corrected chi connectivity index (χ3v) is 6.48. The number of hydrogen-bond donors (Lipinski definition) is 1. The minimum absolute atomic E-state index is 0.114. The highest BCUT2D eigenvalue weighted by Gasteiger charge is 2.25. The van der Waals surface area contributed by atoms with Crippen LogP contribution in [0.4, 0.5) is 5.69 Å². The first-order valence-corrected chi connectivity index (χ1v) is 11.3. The molecule has 1 atom stereocenters. The van der Waals surface area contributed by atoms with Crippen molar-refractivity contribution in [2.45, 2.75) is 43.0 Å². The minimum atomic E-state index is -0.345. The first-order valence-electron chi connectivity index (χ1n) is 10.5. The number of methoxy groups -OCH3 is 2. The first-order chi connectivity index (χ1) is 15.1. The zero-order chi connectivity index (χ0) is 21.8. The van der Waals surface area contributed by atoms with E-state index in [0.717, 1.165) is 35.8 Å². The van der Waals surface area contributed by atoms with Crippen molar-refractivity contribution in [3.8, 4) is 17.2 Å². The van der Waals surface area contributed by atoms with Gasteiger partial charge in [0.2, 0.25) is 5.91 Å². The number of nitrogens with zero attached hydrogens (tertiary/aromatic N) is 2. The summed E-state index contributed by atoms with van der Waals surface area (Å²) in [5.41, 5.74) is 4.09. The Morgan fingerprint density at radius 2 is 1.87 bits per heavy atom. The van der Waals surface area contributed by atoms with E-state index in [1.165, 1.54) is 23.9 Å². The van der Waals surface area contributed by atoms with Crippen molar-refractivity contribution in [2.24, 2.45) is 0 Å². The number of imidazole rings is 1. The monoisotopic (exact) mass is 437 g/mol. The van der Waals surface area contributed by atoms with Gasteiger partial charge in [-0.2, -0.15) is 0 Å². The molecule has 0 fully saturated rings. The van der Waals surface area contributed by atoms with Gasteiger partial charge in [0.15, 0.2) is 5.16 Å². The number of thioether (sulfide) groups is 1. The molecule has 0 unspecified atom stereocenters. The van der Waals surface area contributed by atoms with E-state index in [9.17, 15) is 4.79 Å². The summed E-state index contributed by atoms with van der Waals surface area (Å²) in [5.74, 6) is 1.13. The summed E-state index contributed by atoms with van der Waals surface area (Å²) in [5, 5.41) is 3.49. The normalized spacial score (nSPS) is 13.9. The van der Waals surface area contributed by atoms with Gasteiger partial charge in [0.25, 0.3) is 0 Å². The maximum atomic E-state index is 13.0. The van der Waals surface area contributed by atoms with E-state index in [0.29, 0.717) is 17.2 Å². The number of benzene rings is 2. The molecule has 1 N–H and O–H groups in total. The molecule has 3 aromatic rings. The zero-order valence-electron chi connectivity index (χ0n) is 18.1. The molecular weight excluding hydrogens is 410 g/mol. The molecule has 1 heterocycles. The molecule has 0 aliphatic heterocycles. The van der Waals surface area contributed by atoms with Crippen molar-refractivity contribution >= 4 is 23.4 Å². The van der Waals surface area contributed by atoms with E-state index in [4.69, 9.17) is 14.5 Å². The molecule has 31 heavy (non-hydrogen) atoms. The smallest absolute Gasteiger partial charge is 0.237 e. The number of carbonyl (C=O) groups excluding carboxylic acids is 1. The minimum Gasteiger partial charge on any atom is -0.497 e. The number of anilines is 1. The number of aromatic nitrogens is 2. The van der Waals surface area contributed by atoms with Crippen LogP contribution in [0.15, 0.2) is 53.7 Å². The van der Waals surface area contributed by atoms with Gasteiger partial charge in [-0.3, -0.25) is 9.36 Å². The number of ether oxygens (including phenoxy) is 2. The maximum absolute atomic E-state index is 13.0. The van der Waals surface area contributed by atoms with E-state index >= 15 is 0 Å². The van der Waals surface area contributed by atoms with Crippen molar-refractivity contribution < 1.29 is 14.3 Å². The summed E-state index contributed by atoms with van der Waals surface area (Å²) >= 11 is 1.48. The van der Waals surface area contributed by atoms with Crippen molar-refractivity contribution in [3.63, 3.8) is 0 Å². The molecule has 0 saturated heterocycles. The van der Waals surface area contributed by atoms with Crippen LogP contribution in [0.1, 0.15) is 31.2 Å². The van der Waals surface area contributed by atoms with Gasteiger partial charge in [-0.15, -0.1) is 0 Å². The third kappa shape index (κ3) is 4.56. The Balaban J connectivity index is 1.58. The molecule has 0 radical (unpaired) electrons. The van der Waals surface area contributed by atoms with E-state index in [2.05, 4.69) is 22.0 Å². The van der Waals surface area contributed by atoms with E-state index < -0.39 is 0 Å². The first kappa shape index (κ1) is 21.3. The number of amides is 1. The molecule has 1 aliphatic rings. The second-order valence-electron chi connectivity index (χ2n) is 7.48. The van der Waals surface area contributed by atoms with Crippen molar-refractivity contribution in [2.75, 3.05) is 19.5 Å². The molecule has 2 aromatic carbocycles. The van der Waals surface area contributed by atoms with Crippen LogP contribution in [0.5, 0.6) is 11.5 Å². The fourth-order valence-corrected chi connectivity index (χ4v) is 4.76. The van der Waals surface area contributed by atoms with Gasteiger partial charge >= 0.3 is 0 Å². The molecule has 0 bridgehead atoms. The highest BCUT2D eigenvalue weighted by molar-refractivity contribution is 8.00.